The van der Waals surface area contributed by atoms with Crippen LogP contribution in [0.1, 0.15) is 4.88 Å². The molecule has 0 amide bonds. The number of benzene rings is 2. The summed E-state index contributed by atoms with van der Waals surface area (Å²) in [4.78, 5) is 8.13. The zero-order valence-electron chi connectivity index (χ0n) is 14.9. The molecular weight excluding hydrogens is 415 g/mol. The fraction of sp³-hybridized carbons (Fsp3) is 0.200. The standard InChI is InChI=1S/C20H18Cl2N4OS/c21-16-7-6-15(12-17(16)22)25-23-13-18-19(14-4-2-1-3-5-14)24-20(28-18)26-8-10-27-11-9-26/h1-7,12-13,25H,8-11H2/b23-13+. The maximum atomic E-state index is 6.06. The number of thiazole rings is 1. The van der Waals surface area contributed by atoms with Crippen LogP contribution in [0.15, 0.2) is 53.6 Å². The Labute approximate surface area is 177 Å². The van der Waals surface area contributed by atoms with E-state index in [1.807, 2.05) is 24.3 Å². The van der Waals surface area contributed by atoms with Crippen molar-refractivity contribution in [1.29, 1.82) is 0 Å². The summed E-state index contributed by atoms with van der Waals surface area (Å²) in [7, 11) is 0. The van der Waals surface area contributed by atoms with E-state index in [1.54, 1.807) is 29.7 Å². The van der Waals surface area contributed by atoms with E-state index in [0.29, 0.717) is 10.0 Å². The SMILES string of the molecule is Clc1ccc(N/N=C/c2sc(N3CCOCC3)nc2-c2ccccc2)cc1Cl. The molecule has 0 radical (unpaired) electrons. The zero-order chi connectivity index (χ0) is 19.3. The Morgan fingerprint density at radius 2 is 1.86 bits per heavy atom. The van der Waals surface area contributed by atoms with Crippen LogP contribution in [0.4, 0.5) is 10.8 Å². The van der Waals surface area contributed by atoms with Crippen LogP contribution in [-0.2, 0) is 4.74 Å². The predicted molar refractivity (Wildman–Crippen MR) is 118 cm³/mol. The highest BCUT2D eigenvalue weighted by atomic mass is 35.5. The molecule has 8 heteroatoms. The molecule has 4 rings (SSSR count). The molecule has 1 aromatic heterocycles. The number of nitrogens with one attached hydrogen (secondary N) is 1. The average molecular weight is 433 g/mol. The fourth-order valence-corrected chi connectivity index (χ4v) is 4.14. The number of morpholine rings is 1. The Hall–Kier alpha value is -2.12. The van der Waals surface area contributed by atoms with E-state index in [0.717, 1.165) is 53.3 Å². The number of halogens is 2. The molecule has 1 N–H and O–H groups in total. The lowest BCUT2D eigenvalue weighted by molar-refractivity contribution is 0.122. The molecule has 0 spiro atoms. The van der Waals surface area contributed by atoms with Crippen LogP contribution in [0.5, 0.6) is 0 Å². The Balaban J connectivity index is 1.60. The lowest BCUT2D eigenvalue weighted by Gasteiger charge is -2.26. The molecule has 3 aromatic rings. The van der Waals surface area contributed by atoms with Crippen molar-refractivity contribution in [1.82, 2.24) is 4.98 Å². The minimum absolute atomic E-state index is 0.485. The van der Waals surface area contributed by atoms with E-state index < -0.39 is 0 Å². The van der Waals surface area contributed by atoms with Gasteiger partial charge in [-0.05, 0) is 18.2 Å². The normalized spacial score (nSPS) is 14.6. The molecule has 2 heterocycles. The van der Waals surface area contributed by atoms with Gasteiger partial charge in [0.1, 0.15) is 0 Å². The molecule has 0 saturated carbocycles. The van der Waals surface area contributed by atoms with Crippen molar-refractivity contribution >= 4 is 51.6 Å². The molecule has 5 nitrogen and oxygen atoms in total. The number of anilines is 2. The van der Waals surface area contributed by atoms with E-state index in [-0.39, 0.29) is 0 Å². The van der Waals surface area contributed by atoms with Crippen molar-refractivity contribution in [3.63, 3.8) is 0 Å². The van der Waals surface area contributed by atoms with Crippen molar-refractivity contribution in [2.24, 2.45) is 5.10 Å². The smallest absolute Gasteiger partial charge is 0.186 e. The molecule has 2 aromatic carbocycles. The fourth-order valence-electron chi connectivity index (χ4n) is 2.83. The van der Waals surface area contributed by atoms with E-state index in [2.05, 4.69) is 27.6 Å². The van der Waals surface area contributed by atoms with Gasteiger partial charge >= 0.3 is 0 Å². The summed E-state index contributed by atoms with van der Waals surface area (Å²) < 4.78 is 5.45. The van der Waals surface area contributed by atoms with Crippen molar-refractivity contribution in [3.8, 4) is 11.3 Å². The third-order valence-electron chi connectivity index (χ3n) is 4.27. The third-order valence-corrected chi connectivity index (χ3v) is 6.06. The van der Waals surface area contributed by atoms with Gasteiger partial charge in [0.2, 0.25) is 0 Å². The summed E-state index contributed by atoms with van der Waals surface area (Å²) in [6, 6.07) is 15.4. The predicted octanol–water partition coefficient (Wildman–Crippen LogP) is 5.40. The molecule has 0 bridgehead atoms. The number of hydrogen-bond donors (Lipinski definition) is 1. The van der Waals surface area contributed by atoms with Gasteiger partial charge in [0.25, 0.3) is 0 Å². The van der Waals surface area contributed by atoms with Gasteiger partial charge in [-0.25, -0.2) is 4.98 Å². The van der Waals surface area contributed by atoms with Crippen molar-refractivity contribution < 1.29 is 4.74 Å². The molecular formula is C20H18Cl2N4OS. The maximum absolute atomic E-state index is 6.06. The average Bonchev–Trinajstić information content (AvgIpc) is 3.16. The first-order valence-corrected chi connectivity index (χ1v) is 10.4. The van der Waals surface area contributed by atoms with Gasteiger partial charge in [-0.2, -0.15) is 5.10 Å². The number of rotatable bonds is 5. The van der Waals surface area contributed by atoms with Crippen LogP contribution in [0.2, 0.25) is 10.0 Å². The second kappa shape index (κ2) is 8.92. The first-order valence-electron chi connectivity index (χ1n) is 8.84. The van der Waals surface area contributed by atoms with E-state index >= 15 is 0 Å². The molecule has 0 unspecified atom stereocenters. The zero-order valence-corrected chi connectivity index (χ0v) is 17.3. The minimum Gasteiger partial charge on any atom is -0.378 e. The van der Waals surface area contributed by atoms with Crippen LogP contribution in [0.25, 0.3) is 11.3 Å². The quantitative estimate of drug-likeness (QED) is 0.433. The highest BCUT2D eigenvalue weighted by Gasteiger charge is 2.18. The molecule has 1 fully saturated rings. The molecule has 0 aliphatic carbocycles. The van der Waals surface area contributed by atoms with Gasteiger partial charge in [-0.15, -0.1) is 0 Å². The number of hydrazone groups is 1. The molecule has 28 heavy (non-hydrogen) atoms. The lowest BCUT2D eigenvalue weighted by atomic mass is 10.1. The topological polar surface area (TPSA) is 49.8 Å². The maximum Gasteiger partial charge on any atom is 0.186 e. The van der Waals surface area contributed by atoms with Crippen LogP contribution in [0.3, 0.4) is 0 Å². The summed E-state index contributed by atoms with van der Waals surface area (Å²) in [5.41, 5.74) is 5.76. The van der Waals surface area contributed by atoms with Gasteiger partial charge in [0, 0.05) is 18.7 Å². The van der Waals surface area contributed by atoms with Crippen LogP contribution in [-0.4, -0.2) is 37.5 Å². The molecule has 0 atom stereocenters. The number of ether oxygens (including phenoxy) is 1. The number of nitrogens with zero attached hydrogens (tertiary/aromatic N) is 3. The second-order valence-electron chi connectivity index (χ2n) is 6.17. The largest absolute Gasteiger partial charge is 0.378 e. The summed E-state index contributed by atoms with van der Waals surface area (Å²) in [6.45, 7) is 3.14. The second-order valence-corrected chi connectivity index (χ2v) is 8.00. The summed E-state index contributed by atoms with van der Waals surface area (Å²) in [6.07, 6.45) is 1.80. The van der Waals surface area contributed by atoms with Gasteiger partial charge in [0.15, 0.2) is 5.13 Å². The van der Waals surface area contributed by atoms with Gasteiger partial charge in [-0.1, -0.05) is 64.9 Å². The first-order chi connectivity index (χ1) is 13.7. The lowest BCUT2D eigenvalue weighted by Crippen LogP contribution is -2.36. The van der Waals surface area contributed by atoms with E-state index in [1.165, 1.54) is 0 Å². The molecule has 144 valence electrons. The third kappa shape index (κ3) is 4.47. The van der Waals surface area contributed by atoms with Crippen molar-refractivity contribution in [2.75, 3.05) is 36.6 Å². The van der Waals surface area contributed by atoms with Crippen LogP contribution < -0.4 is 10.3 Å². The Morgan fingerprint density at radius 1 is 1.07 bits per heavy atom. The van der Waals surface area contributed by atoms with Gasteiger partial charge in [0.05, 0.1) is 45.7 Å². The van der Waals surface area contributed by atoms with Crippen LogP contribution >= 0.6 is 34.5 Å². The number of hydrogen-bond acceptors (Lipinski definition) is 6. The Bertz CT molecular complexity index is 972. The van der Waals surface area contributed by atoms with Crippen LogP contribution in [0, 0.1) is 0 Å². The summed E-state index contributed by atoms with van der Waals surface area (Å²) >= 11 is 13.6. The highest BCUT2D eigenvalue weighted by molar-refractivity contribution is 7.17. The van der Waals surface area contributed by atoms with E-state index in [4.69, 9.17) is 32.9 Å². The molecule has 1 aliphatic rings. The Kier molecular flexibility index (Phi) is 6.12. The highest BCUT2D eigenvalue weighted by Crippen LogP contribution is 2.32. The first kappa shape index (κ1) is 19.2. The van der Waals surface area contributed by atoms with Gasteiger partial charge < -0.3 is 9.64 Å². The summed E-state index contributed by atoms with van der Waals surface area (Å²) in [5.74, 6) is 0. The summed E-state index contributed by atoms with van der Waals surface area (Å²) in [5, 5.41) is 6.36. The minimum atomic E-state index is 0.485. The van der Waals surface area contributed by atoms with Gasteiger partial charge in [-0.3, -0.25) is 5.43 Å². The Morgan fingerprint density at radius 3 is 2.61 bits per heavy atom. The van der Waals surface area contributed by atoms with Crippen molar-refractivity contribution in [2.45, 2.75) is 0 Å². The van der Waals surface area contributed by atoms with E-state index in [9.17, 15) is 0 Å². The molecule has 1 aliphatic heterocycles. The molecule has 1 saturated heterocycles. The van der Waals surface area contributed by atoms with Crippen molar-refractivity contribution in [3.05, 3.63) is 63.5 Å². The number of aromatic nitrogens is 1. The monoisotopic (exact) mass is 432 g/mol.